The van der Waals surface area contributed by atoms with Crippen molar-refractivity contribution in [1.82, 2.24) is 10.2 Å². The molecule has 0 bridgehead atoms. The van der Waals surface area contributed by atoms with Crippen molar-refractivity contribution in [3.8, 4) is 23.0 Å². The van der Waals surface area contributed by atoms with Gasteiger partial charge in [0.2, 0.25) is 0 Å². The molecule has 1 aromatic heterocycles. The number of anilines is 2. The van der Waals surface area contributed by atoms with Crippen molar-refractivity contribution in [2.75, 3.05) is 25.1 Å². The van der Waals surface area contributed by atoms with Crippen LogP contribution in [0, 0.1) is 7.14 Å². The van der Waals surface area contributed by atoms with Crippen molar-refractivity contribution in [2.24, 2.45) is 10.2 Å². The Kier molecular flexibility index (Phi) is 8.25. The van der Waals surface area contributed by atoms with Crippen molar-refractivity contribution in [3.05, 3.63) is 66.8 Å². The van der Waals surface area contributed by atoms with Crippen LogP contribution in [-0.2, 0) is 0 Å². The Morgan fingerprint density at radius 3 is 1.56 bits per heavy atom. The summed E-state index contributed by atoms with van der Waals surface area (Å²) in [6, 6.07) is 14.5. The van der Waals surface area contributed by atoms with Crippen LogP contribution < -0.4 is 20.3 Å². The summed E-state index contributed by atoms with van der Waals surface area (Å²) in [6.07, 6.45) is 3.20. The van der Waals surface area contributed by atoms with E-state index in [1.54, 1.807) is 36.7 Å². The first-order valence-corrected chi connectivity index (χ1v) is 12.5. The van der Waals surface area contributed by atoms with E-state index in [2.05, 4.69) is 31.3 Å². The van der Waals surface area contributed by atoms with Gasteiger partial charge in [0.25, 0.3) is 0 Å². The van der Waals surface area contributed by atoms with Gasteiger partial charge in [-0.15, -0.1) is 10.2 Å². The number of ether oxygens (including phenoxy) is 2. The molecule has 1 heterocycles. The van der Waals surface area contributed by atoms with Crippen molar-refractivity contribution in [3.63, 3.8) is 0 Å². The van der Waals surface area contributed by atoms with Crippen LogP contribution in [0.4, 0.5) is 11.6 Å². The van der Waals surface area contributed by atoms with Crippen LogP contribution in [0.1, 0.15) is 11.1 Å². The van der Waals surface area contributed by atoms with Gasteiger partial charge in [-0.05, 0) is 80.6 Å². The van der Waals surface area contributed by atoms with Gasteiger partial charge in [0.1, 0.15) is 0 Å². The first-order valence-electron chi connectivity index (χ1n) is 10.4. The number of phenols is 2. The number of aromatic nitrogens is 2. The van der Waals surface area contributed by atoms with Crippen LogP contribution in [0.15, 0.2) is 58.7 Å². The Hall–Kier alpha value is -3.40. The van der Waals surface area contributed by atoms with Gasteiger partial charge >= 0.3 is 0 Å². The third kappa shape index (κ3) is 5.70. The molecule has 0 radical (unpaired) electrons. The highest BCUT2D eigenvalue weighted by Gasteiger charge is 2.10. The Bertz CT molecular complexity index is 1370. The molecule has 0 aliphatic rings. The topological polar surface area (TPSA) is 133 Å². The van der Waals surface area contributed by atoms with Crippen LogP contribution in [0.5, 0.6) is 23.0 Å². The lowest BCUT2D eigenvalue weighted by molar-refractivity contribution is 0.371. The van der Waals surface area contributed by atoms with Crippen molar-refractivity contribution in [1.29, 1.82) is 0 Å². The fraction of sp³-hybridized carbons (Fsp3) is 0.0833. The molecule has 36 heavy (non-hydrogen) atoms. The molecule has 0 unspecified atom stereocenters. The highest BCUT2D eigenvalue weighted by atomic mass is 127. The SMILES string of the molecule is COc1cc(/C=N\Nc2nnc(N/N=C\c3cc(I)c(O)c(OC)c3)c3ccccc23)cc(I)c1O. The summed E-state index contributed by atoms with van der Waals surface area (Å²) in [6.45, 7) is 0. The zero-order valence-corrected chi connectivity index (χ0v) is 23.3. The van der Waals surface area contributed by atoms with Gasteiger partial charge in [-0.25, -0.2) is 0 Å². The van der Waals surface area contributed by atoms with Gasteiger partial charge in [-0.1, -0.05) is 24.3 Å². The van der Waals surface area contributed by atoms with Crippen molar-refractivity contribution < 1.29 is 19.7 Å². The number of nitrogens with one attached hydrogen (secondary N) is 2. The van der Waals surface area contributed by atoms with Crippen LogP contribution in [-0.4, -0.2) is 47.1 Å². The molecule has 4 aromatic rings. The summed E-state index contributed by atoms with van der Waals surface area (Å²) in [5, 5.41) is 38.6. The summed E-state index contributed by atoms with van der Waals surface area (Å²) < 4.78 is 11.7. The number of nitrogens with zero attached hydrogens (tertiary/aromatic N) is 4. The molecular weight excluding hydrogens is 690 g/mol. The molecule has 0 aliphatic heterocycles. The summed E-state index contributed by atoms with van der Waals surface area (Å²) in [4.78, 5) is 0. The maximum Gasteiger partial charge on any atom is 0.176 e. The molecule has 0 atom stereocenters. The van der Waals surface area contributed by atoms with Gasteiger partial charge in [0.05, 0.1) is 33.8 Å². The first-order chi connectivity index (χ1) is 17.4. The number of phenolic OH excluding ortho intramolecular Hbond substituents is 2. The fourth-order valence-electron chi connectivity index (χ4n) is 3.25. The summed E-state index contributed by atoms with van der Waals surface area (Å²) in [5.41, 5.74) is 7.34. The Labute approximate surface area is 233 Å². The molecule has 12 heteroatoms. The lowest BCUT2D eigenvalue weighted by Gasteiger charge is -2.09. The molecule has 0 aliphatic carbocycles. The molecule has 10 nitrogen and oxygen atoms in total. The average Bonchev–Trinajstić information content (AvgIpc) is 2.88. The van der Waals surface area contributed by atoms with Gasteiger partial charge < -0.3 is 19.7 Å². The third-order valence-corrected chi connectivity index (χ3v) is 6.64. The molecule has 184 valence electrons. The average molecular weight is 710 g/mol. The number of hydrogen-bond acceptors (Lipinski definition) is 10. The number of aromatic hydroxyl groups is 2. The zero-order chi connectivity index (χ0) is 25.7. The Morgan fingerprint density at radius 1 is 0.750 bits per heavy atom. The number of hydrogen-bond donors (Lipinski definition) is 4. The second-order valence-electron chi connectivity index (χ2n) is 7.29. The van der Waals surface area contributed by atoms with Crippen molar-refractivity contribution in [2.45, 2.75) is 0 Å². The standard InChI is InChI=1S/C24H20I2N6O4/c1-35-19-9-13(7-17(25)21(19)33)11-27-29-23-15-5-3-4-6-16(15)24(32-31-23)30-28-12-14-8-18(26)22(34)20(10-14)36-2/h3-12,33-34H,1-2H3,(H,29,31)(H,30,32)/b27-11-,28-12-. The van der Waals surface area contributed by atoms with Crippen LogP contribution in [0.2, 0.25) is 0 Å². The van der Waals surface area contributed by atoms with E-state index in [4.69, 9.17) is 9.47 Å². The predicted octanol–water partition coefficient (Wildman–Crippen LogP) is 5.16. The van der Waals surface area contributed by atoms with Gasteiger partial charge in [-0.2, -0.15) is 10.2 Å². The Morgan fingerprint density at radius 2 is 1.17 bits per heavy atom. The molecule has 0 spiro atoms. The smallest absolute Gasteiger partial charge is 0.176 e. The van der Waals surface area contributed by atoms with E-state index in [-0.39, 0.29) is 11.5 Å². The van der Waals surface area contributed by atoms with Crippen molar-refractivity contribution >= 4 is 80.0 Å². The minimum atomic E-state index is 0.0881. The minimum absolute atomic E-state index is 0.0881. The monoisotopic (exact) mass is 710 g/mol. The molecule has 0 amide bonds. The molecule has 3 aromatic carbocycles. The number of rotatable bonds is 8. The molecule has 0 fully saturated rings. The number of fused-ring (bicyclic) bond motifs is 1. The first kappa shape index (κ1) is 25.7. The quantitative estimate of drug-likeness (QED) is 0.112. The lowest BCUT2D eigenvalue weighted by atomic mass is 10.2. The third-order valence-electron chi connectivity index (χ3n) is 5.00. The zero-order valence-electron chi connectivity index (χ0n) is 19.0. The van der Waals surface area contributed by atoms with Gasteiger partial charge in [0.15, 0.2) is 34.6 Å². The van der Waals surface area contributed by atoms with E-state index in [0.29, 0.717) is 30.3 Å². The van der Waals surface area contributed by atoms with Gasteiger partial charge in [-0.3, -0.25) is 10.9 Å². The van der Waals surface area contributed by atoms with Gasteiger partial charge in [0, 0.05) is 10.8 Å². The van der Waals surface area contributed by atoms with Crippen LogP contribution in [0.25, 0.3) is 10.8 Å². The predicted molar refractivity (Wildman–Crippen MR) is 157 cm³/mol. The molecule has 0 saturated heterocycles. The van der Waals surface area contributed by atoms with E-state index < -0.39 is 0 Å². The maximum atomic E-state index is 10.0. The van der Waals surface area contributed by atoms with Crippen LogP contribution in [0.3, 0.4) is 0 Å². The van der Waals surface area contributed by atoms with E-state index in [9.17, 15) is 10.2 Å². The molecule has 4 rings (SSSR count). The lowest BCUT2D eigenvalue weighted by Crippen LogP contribution is -2.02. The summed E-state index contributed by atoms with van der Waals surface area (Å²) in [7, 11) is 2.99. The fourth-order valence-corrected chi connectivity index (χ4v) is 4.50. The number of hydrazone groups is 2. The molecule has 4 N–H and O–H groups in total. The summed E-state index contributed by atoms with van der Waals surface area (Å²) >= 11 is 4.06. The van der Waals surface area contributed by atoms with E-state index in [0.717, 1.165) is 21.9 Å². The number of halogens is 2. The summed E-state index contributed by atoms with van der Waals surface area (Å²) in [5.74, 6) is 1.84. The highest BCUT2D eigenvalue weighted by Crippen LogP contribution is 2.33. The maximum absolute atomic E-state index is 10.0. The molecular formula is C24H20I2N6O4. The largest absolute Gasteiger partial charge is 0.504 e. The number of methoxy groups -OCH3 is 2. The van der Waals surface area contributed by atoms with Crippen LogP contribution >= 0.6 is 45.2 Å². The van der Waals surface area contributed by atoms with E-state index >= 15 is 0 Å². The number of benzene rings is 3. The van der Waals surface area contributed by atoms with E-state index in [1.807, 2.05) is 69.4 Å². The minimum Gasteiger partial charge on any atom is -0.504 e. The second-order valence-corrected chi connectivity index (χ2v) is 9.61. The highest BCUT2D eigenvalue weighted by molar-refractivity contribution is 14.1. The van der Waals surface area contributed by atoms with E-state index in [1.165, 1.54) is 14.2 Å². The normalized spacial score (nSPS) is 11.3. The Balaban J connectivity index is 1.54. The molecule has 0 saturated carbocycles. The second kappa shape index (κ2) is 11.6.